The maximum atomic E-state index is 12.8. The summed E-state index contributed by atoms with van der Waals surface area (Å²) in [5.41, 5.74) is 15.0. The lowest BCUT2D eigenvalue weighted by Gasteiger charge is -2.35. The molecule has 0 aliphatic carbocycles. The number of hydrogen-bond acceptors (Lipinski definition) is 9. The smallest absolute Gasteiger partial charge is 0.444 e. The highest BCUT2D eigenvalue weighted by Crippen LogP contribution is 2.37. The van der Waals surface area contributed by atoms with Crippen molar-refractivity contribution in [1.29, 1.82) is 0 Å². The lowest BCUT2D eigenvalue weighted by atomic mass is 10.0. The van der Waals surface area contributed by atoms with E-state index in [1.54, 1.807) is 24.3 Å². The summed E-state index contributed by atoms with van der Waals surface area (Å²) in [4.78, 5) is 21.6. The zero-order valence-electron chi connectivity index (χ0n) is 48.6. The maximum Gasteiger partial charge on any atom is 0.573 e. The number of nitrogens with zero attached hydrogens (tertiary/aromatic N) is 6. The number of alkyl halides is 6. The van der Waals surface area contributed by atoms with E-state index in [4.69, 9.17) is 56.9 Å². The van der Waals surface area contributed by atoms with Crippen LogP contribution in [0.3, 0.4) is 0 Å². The van der Waals surface area contributed by atoms with Crippen LogP contribution < -0.4 is 20.5 Å². The molecule has 0 spiro atoms. The molecule has 0 saturated carbocycles. The van der Waals surface area contributed by atoms with Gasteiger partial charge in [0.25, 0.3) is 0 Å². The van der Waals surface area contributed by atoms with Gasteiger partial charge in [-0.3, -0.25) is 19.6 Å². The van der Waals surface area contributed by atoms with Crippen LogP contribution >= 0.6 is 46.4 Å². The third-order valence-corrected chi connectivity index (χ3v) is 16.6. The number of nitrogens with one attached hydrogen (secondary N) is 1. The van der Waals surface area contributed by atoms with Crippen molar-refractivity contribution in [2.75, 3.05) is 65.4 Å². The molecule has 2 saturated heterocycles. The molecule has 4 heterocycles. The lowest BCUT2D eigenvalue weighted by molar-refractivity contribution is -0.275. The fraction of sp³-hybridized carbons (Fsp3) is 0.369. The van der Waals surface area contributed by atoms with E-state index in [2.05, 4.69) is 86.1 Å². The third-order valence-electron chi connectivity index (χ3n) is 15.2. The van der Waals surface area contributed by atoms with Crippen molar-refractivity contribution in [2.24, 2.45) is 5.73 Å². The van der Waals surface area contributed by atoms with E-state index in [9.17, 15) is 31.1 Å². The van der Waals surface area contributed by atoms with E-state index >= 15 is 0 Å². The largest absolute Gasteiger partial charge is 0.573 e. The molecule has 0 radical (unpaired) electrons. The number of alkyl carbamates (subject to hydrolysis) is 1. The number of fused-ring (bicyclic) bond motifs is 2. The first-order valence-corrected chi connectivity index (χ1v) is 30.3. The van der Waals surface area contributed by atoms with E-state index in [0.717, 1.165) is 146 Å². The average molecular weight is 1280 g/mol. The molecule has 2 aliphatic rings. The van der Waals surface area contributed by atoms with Gasteiger partial charge in [-0.05, 0) is 135 Å². The van der Waals surface area contributed by atoms with Gasteiger partial charge in [0.1, 0.15) is 17.1 Å². The van der Waals surface area contributed by atoms with Crippen molar-refractivity contribution in [3.05, 3.63) is 176 Å². The molecule has 0 bridgehead atoms. The first-order valence-electron chi connectivity index (χ1n) is 28.8. The fourth-order valence-corrected chi connectivity index (χ4v) is 12.0. The molecule has 3 N–H and O–H groups in total. The number of benzene rings is 6. The Balaban J connectivity index is 0.000000210. The lowest BCUT2D eigenvalue weighted by Crippen LogP contribution is -2.45. The molecular weight excluding hydrogens is 1210 g/mol. The number of hydrogen-bond donors (Lipinski definition) is 2. The molecule has 0 atom stereocenters. The number of aromatic nitrogens is 2. The summed E-state index contributed by atoms with van der Waals surface area (Å²) in [5.74, 6) is -0.505. The van der Waals surface area contributed by atoms with Crippen LogP contribution in [0, 0.1) is 0 Å². The molecule has 0 unspecified atom stereocenters. The molecule has 464 valence electrons. The van der Waals surface area contributed by atoms with Crippen LogP contribution in [-0.4, -0.2) is 119 Å². The van der Waals surface area contributed by atoms with Crippen molar-refractivity contribution in [3.63, 3.8) is 0 Å². The normalized spacial score (nSPS) is 15.0. The minimum absolute atomic E-state index is 0.236. The summed E-state index contributed by atoms with van der Waals surface area (Å²) in [6.45, 7) is 18.1. The number of halogens is 10. The van der Waals surface area contributed by atoms with Gasteiger partial charge in [0, 0.05) is 175 Å². The second-order valence-corrected chi connectivity index (χ2v) is 24.4. The first-order chi connectivity index (χ1) is 41.4. The highest BCUT2D eigenvalue weighted by atomic mass is 35.5. The molecule has 87 heavy (non-hydrogen) atoms. The van der Waals surface area contributed by atoms with Gasteiger partial charge in [-0.15, -0.1) is 26.3 Å². The van der Waals surface area contributed by atoms with Crippen molar-refractivity contribution < 1.29 is 45.3 Å². The van der Waals surface area contributed by atoms with E-state index in [1.807, 2.05) is 63.4 Å². The molecule has 2 aliphatic heterocycles. The summed E-state index contributed by atoms with van der Waals surface area (Å²) in [6, 6.07) is 36.0. The molecule has 10 rings (SSSR count). The van der Waals surface area contributed by atoms with E-state index in [0.29, 0.717) is 52.7 Å². The number of piperazine rings is 2. The standard InChI is InChI=1S/C35H39Cl2F3N4O3.C30H31Cl2F3N4O/c1-34(2,3)47-33(45)41-14-5-15-44-23-28(25-9-11-26(12-10-25)46-35(38,39)40)27-20-24(8-13-32(27)44)21-42-16-18-43(19-17-42)22-29-30(36)6-4-7-31(29)37;31-27-3-1-4-28(32)26(27)19-38-15-13-37(14-16-38)18-21-5-10-29-24(17-21)25(20-39(29)12-2-11-36)22-6-8-23(9-7-22)40-30(33,34)35/h4,6-13,20,23H,5,14-19,21-22H2,1-3H3,(H,41,45);1,3-10,17,20H,2,11-16,18-19,36H2. The Labute approximate surface area is 523 Å². The number of ether oxygens (including phenoxy) is 3. The zero-order valence-corrected chi connectivity index (χ0v) is 51.6. The van der Waals surface area contributed by atoms with Gasteiger partial charge in [0.2, 0.25) is 0 Å². The van der Waals surface area contributed by atoms with E-state index < -0.39 is 24.4 Å². The van der Waals surface area contributed by atoms with Gasteiger partial charge in [0.15, 0.2) is 0 Å². The third kappa shape index (κ3) is 18.5. The van der Waals surface area contributed by atoms with E-state index in [-0.39, 0.29) is 11.5 Å². The highest BCUT2D eigenvalue weighted by molar-refractivity contribution is 6.36. The van der Waals surface area contributed by atoms with Crippen molar-refractivity contribution >= 4 is 74.3 Å². The van der Waals surface area contributed by atoms with Crippen LogP contribution in [0.25, 0.3) is 44.1 Å². The summed E-state index contributed by atoms with van der Waals surface area (Å²) in [7, 11) is 0. The van der Waals surface area contributed by atoms with Crippen molar-refractivity contribution in [2.45, 2.75) is 91.2 Å². The Morgan fingerprint density at radius 2 is 0.885 bits per heavy atom. The van der Waals surface area contributed by atoms with Crippen LogP contribution in [0.1, 0.15) is 55.9 Å². The summed E-state index contributed by atoms with van der Waals surface area (Å²) in [5, 5.41) is 7.60. The molecule has 2 fully saturated rings. The Kier molecular flexibility index (Phi) is 21.7. The number of rotatable bonds is 19. The quantitative estimate of drug-likeness (QED) is 0.0605. The number of carbonyl (C=O) groups excluding carboxylic acids is 1. The second-order valence-electron chi connectivity index (χ2n) is 22.7. The predicted octanol–water partition coefficient (Wildman–Crippen LogP) is 15.9. The van der Waals surface area contributed by atoms with Crippen molar-refractivity contribution in [3.8, 4) is 33.8 Å². The Morgan fingerprint density at radius 3 is 1.24 bits per heavy atom. The Hall–Kier alpha value is -6.19. The summed E-state index contributed by atoms with van der Waals surface area (Å²) < 4.78 is 93.9. The van der Waals surface area contributed by atoms with Crippen LogP contribution in [-0.2, 0) is 44.0 Å². The van der Waals surface area contributed by atoms with Crippen LogP contribution in [0.4, 0.5) is 31.1 Å². The number of nitrogens with two attached hydrogens (primary N) is 1. The van der Waals surface area contributed by atoms with Gasteiger partial charge < -0.3 is 34.4 Å². The first kappa shape index (κ1) is 65.3. The number of amides is 1. The van der Waals surface area contributed by atoms with Crippen LogP contribution in [0.5, 0.6) is 11.5 Å². The Bertz CT molecular complexity index is 3560. The molecule has 6 aromatic carbocycles. The van der Waals surface area contributed by atoms with E-state index in [1.165, 1.54) is 29.8 Å². The minimum Gasteiger partial charge on any atom is -0.444 e. The number of aryl methyl sites for hydroxylation is 2. The minimum atomic E-state index is -4.76. The maximum absolute atomic E-state index is 12.8. The van der Waals surface area contributed by atoms with Gasteiger partial charge in [-0.25, -0.2) is 4.79 Å². The van der Waals surface area contributed by atoms with Gasteiger partial charge >= 0.3 is 18.8 Å². The molecule has 8 aromatic rings. The predicted molar refractivity (Wildman–Crippen MR) is 335 cm³/mol. The second kappa shape index (κ2) is 29.0. The monoisotopic (exact) mass is 1280 g/mol. The van der Waals surface area contributed by atoms with Gasteiger partial charge in [0.05, 0.1) is 0 Å². The van der Waals surface area contributed by atoms with Gasteiger partial charge in [-0.1, -0.05) is 94.9 Å². The Morgan fingerprint density at radius 1 is 0.517 bits per heavy atom. The molecule has 1 amide bonds. The topological polar surface area (TPSA) is 106 Å². The average Bonchev–Trinajstić information content (AvgIpc) is 1.82. The van der Waals surface area contributed by atoms with Crippen LogP contribution in [0.15, 0.2) is 134 Å². The van der Waals surface area contributed by atoms with Crippen molar-refractivity contribution in [1.82, 2.24) is 34.1 Å². The summed E-state index contributed by atoms with van der Waals surface area (Å²) >= 11 is 25.5. The molecular formula is C65H70Cl4F6N8O4. The summed E-state index contributed by atoms with van der Waals surface area (Å²) in [6.07, 6.45) is -4.38. The molecule has 12 nitrogen and oxygen atoms in total. The molecule has 2 aromatic heterocycles. The van der Waals surface area contributed by atoms with Crippen LogP contribution in [0.2, 0.25) is 20.1 Å². The number of carbonyl (C=O) groups is 1. The highest BCUT2D eigenvalue weighted by Gasteiger charge is 2.32. The molecule has 22 heteroatoms. The zero-order chi connectivity index (χ0) is 62.0. The van der Waals surface area contributed by atoms with Gasteiger partial charge in [-0.2, -0.15) is 0 Å². The SMILES string of the molecule is CC(C)(C)OC(=O)NCCCn1cc(-c2ccc(OC(F)(F)F)cc2)c2cc(CN3CCN(Cc4c(Cl)cccc4Cl)CC3)ccc21.NCCCn1cc(-c2ccc(OC(F)(F)F)cc2)c2cc(CN3CCN(Cc4c(Cl)cccc4Cl)CC3)ccc21. The fourth-order valence-electron chi connectivity index (χ4n) is 10.9.